The minimum Gasteiger partial charge on any atom is -0.402 e. The fourth-order valence-corrected chi connectivity index (χ4v) is 0.670. The number of rotatable bonds is 4. The fourth-order valence-electron chi connectivity index (χ4n) is 0.670. The van der Waals surface area contributed by atoms with Gasteiger partial charge in [-0.05, 0) is 12.5 Å². The maximum absolute atomic E-state index is 10.7. The molecule has 0 spiro atoms. The maximum atomic E-state index is 10.7. The van der Waals surface area contributed by atoms with Gasteiger partial charge in [-0.2, -0.15) is 0 Å². The summed E-state index contributed by atoms with van der Waals surface area (Å²) in [6.45, 7) is 3.87. The standard InChI is InChI=1S/C8H15NO/c1-3-5-7(9)6-8(10)4-2/h6H,3-5,9H2,1-2H3/b7-6+. The van der Waals surface area contributed by atoms with Crippen LogP contribution in [-0.4, -0.2) is 5.78 Å². The lowest BCUT2D eigenvalue weighted by atomic mass is 10.2. The number of carbonyl (C=O) groups is 1. The predicted octanol–water partition coefficient (Wildman–Crippen LogP) is 1.61. The van der Waals surface area contributed by atoms with Gasteiger partial charge in [0.15, 0.2) is 5.78 Å². The lowest BCUT2D eigenvalue weighted by Gasteiger charge is -1.95. The second-order valence-corrected chi connectivity index (χ2v) is 2.29. The van der Waals surface area contributed by atoms with E-state index < -0.39 is 0 Å². The van der Waals surface area contributed by atoms with Crippen LogP contribution in [0.3, 0.4) is 0 Å². The fraction of sp³-hybridized carbons (Fsp3) is 0.625. The highest BCUT2D eigenvalue weighted by atomic mass is 16.1. The molecule has 0 aromatic heterocycles. The second kappa shape index (κ2) is 5.03. The van der Waals surface area contributed by atoms with Gasteiger partial charge < -0.3 is 5.73 Å². The Balaban J connectivity index is 3.77. The highest BCUT2D eigenvalue weighted by Crippen LogP contribution is 1.97. The third-order valence-electron chi connectivity index (χ3n) is 1.23. The lowest BCUT2D eigenvalue weighted by molar-refractivity contribution is -0.114. The third-order valence-corrected chi connectivity index (χ3v) is 1.23. The minimum absolute atomic E-state index is 0.117. The molecule has 0 unspecified atom stereocenters. The number of hydrogen-bond acceptors (Lipinski definition) is 2. The molecule has 10 heavy (non-hydrogen) atoms. The van der Waals surface area contributed by atoms with Crippen molar-refractivity contribution < 1.29 is 4.79 Å². The summed E-state index contributed by atoms with van der Waals surface area (Å²) in [6.07, 6.45) is 3.90. The highest BCUT2D eigenvalue weighted by molar-refractivity contribution is 5.89. The Bertz CT molecular complexity index is 138. The molecule has 0 radical (unpaired) electrons. The zero-order valence-electron chi connectivity index (χ0n) is 6.68. The number of allylic oxidation sites excluding steroid dienone is 2. The van der Waals surface area contributed by atoms with Gasteiger partial charge in [0.25, 0.3) is 0 Å². The molecule has 2 N–H and O–H groups in total. The Labute approximate surface area is 62.1 Å². The van der Waals surface area contributed by atoms with E-state index >= 15 is 0 Å². The molecule has 0 fully saturated rings. The quantitative estimate of drug-likeness (QED) is 0.604. The molecule has 0 aliphatic carbocycles. The molecule has 0 aliphatic rings. The van der Waals surface area contributed by atoms with Crippen LogP contribution in [0, 0.1) is 0 Å². The summed E-state index contributed by atoms with van der Waals surface area (Å²) in [4.78, 5) is 10.7. The Morgan fingerprint density at radius 3 is 2.50 bits per heavy atom. The van der Waals surface area contributed by atoms with Gasteiger partial charge in [-0.1, -0.05) is 20.3 Å². The average Bonchev–Trinajstić information content (AvgIpc) is 1.88. The van der Waals surface area contributed by atoms with Crippen LogP contribution in [0.15, 0.2) is 11.8 Å². The van der Waals surface area contributed by atoms with Crippen molar-refractivity contribution in [2.75, 3.05) is 0 Å². The summed E-state index contributed by atoms with van der Waals surface area (Å²) in [7, 11) is 0. The molecule has 0 saturated heterocycles. The molecule has 0 heterocycles. The van der Waals surface area contributed by atoms with Crippen LogP contribution in [0.25, 0.3) is 0 Å². The molecule has 58 valence electrons. The van der Waals surface area contributed by atoms with Gasteiger partial charge in [-0.3, -0.25) is 4.79 Å². The average molecular weight is 141 g/mol. The molecule has 2 nitrogen and oxygen atoms in total. The SMILES string of the molecule is CCC/C(N)=C\C(=O)CC. The topological polar surface area (TPSA) is 43.1 Å². The molecular weight excluding hydrogens is 126 g/mol. The van der Waals surface area contributed by atoms with Crippen molar-refractivity contribution in [2.45, 2.75) is 33.1 Å². The van der Waals surface area contributed by atoms with Gasteiger partial charge in [-0.25, -0.2) is 0 Å². The monoisotopic (exact) mass is 141 g/mol. The zero-order valence-corrected chi connectivity index (χ0v) is 6.68. The first-order valence-corrected chi connectivity index (χ1v) is 3.69. The number of hydrogen-bond donors (Lipinski definition) is 1. The van der Waals surface area contributed by atoms with E-state index in [4.69, 9.17) is 5.73 Å². The van der Waals surface area contributed by atoms with Crippen LogP contribution in [0.1, 0.15) is 33.1 Å². The zero-order chi connectivity index (χ0) is 7.98. The maximum Gasteiger partial charge on any atom is 0.157 e. The lowest BCUT2D eigenvalue weighted by Crippen LogP contribution is -2.00. The molecule has 0 saturated carbocycles. The normalized spacial score (nSPS) is 11.6. The first-order chi connectivity index (χ1) is 4.70. The van der Waals surface area contributed by atoms with Crippen LogP contribution in [-0.2, 0) is 4.79 Å². The minimum atomic E-state index is 0.117. The van der Waals surface area contributed by atoms with E-state index in [9.17, 15) is 4.79 Å². The molecular formula is C8H15NO. The van der Waals surface area contributed by atoms with E-state index in [0.717, 1.165) is 12.8 Å². The highest BCUT2D eigenvalue weighted by Gasteiger charge is 1.93. The third kappa shape index (κ3) is 4.13. The van der Waals surface area contributed by atoms with Crippen molar-refractivity contribution >= 4 is 5.78 Å². The molecule has 0 atom stereocenters. The predicted molar refractivity (Wildman–Crippen MR) is 42.5 cm³/mol. The van der Waals surface area contributed by atoms with Gasteiger partial charge >= 0.3 is 0 Å². The summed E-state index contributed by atoms with van der Waals surface area (Å²) in [5, 5.41) is 0. The van der Waals surface area contributed by atoms with Crippen LogP contribution in [0.4, 0.5) is 0 Å². The molecule has 0 aromatic rings. The summed E-state index contributed by atoms with van der Waals surface area (Å²) in [6, 6.07) is 0. The smallest absolute Gasteiger partial charge is 0.157 e. The summed E-state index contributed by atoms with van der Waals surface area (Å²) >= 11 is 0. The van der Waals surface area contributed by atoms with Crippen molar-refractivity contribution in [2.24, 2.45) is 5.73 Å². The Hall–Kier alpha value is -0.790. The van der Waals surface area contributed by atoms with E-state index in [1.165, 1.54) is 6.08 Å². The van der Waals surface area contributed by atoms with Gasteiger partial charge in [0, 0.05) is 12.1 Å². The van der Waals surface area contributed by atoms with Crippen LogP contribution in [0.5, 0.6) is 0 Å². The van der Waals surface area contributed by atoms with Crippen molar-refractivity contribution in [1.82, 2.24) is 0 Å². The summed E-state index contributed by atoms with van der Waals surface area (Å²) < 4.78 is 0. The molecule has 0 rings (SSSR count). The van der Waals surface area contributed by atoms with Gasteiger partial charge in [-0.15, -0.1) is 0 Å². The molecule has 0 amide bonds. The van der Waals surface area contributed by atoms with E-state index in [1.807, 2.05) is 13.8 Å². The van der Waals surface area contributed by atoms with Crippen LogP contribution in [0.2, 0.25) is 0 Å². The molecule has 0 aliphatic heterocycles. The first-order valence-electron chi connectivity index (χ1n) is 3.69. The van der Waals surface area contributed by atoms with Gasteiger partial charge in [0.05, 0.1) is 0 Å². The second-order valence-electron chi connectivity index (χ2n) is 2.29. The van der Waals surface area contributed by atoms with Crippen molar-refractivity contribution in [3.63, 3.8) is 0 Å². The van der Waals surface area contributed by atoms with Gasteiger partial charge in [0.1, 0.15) is 0 Å². The van der Waals surface area contributed by atoms with E-state index in [0.29, 0.717) is 12.1 Å². The first kappa shape index (κ1) is 9.21. The number of carbonyl (C=O) groups excluding carboxylic acids is 1. The molecule has 2 heteroatoms. The molecule has 0 bridgehead atoms. The summed E-state index contributed by atoms with van der Waals surface area (Å²) in [5.41, 5.74) is 6.20. The van der Waals surface area contributed by atoms with Crippen LogP contribution < -0.4 is 5.73 Å². The largest absolute Gasteiger partial charge is 0.402 e. The summed E-state index contributed by atoms with van der Waals surface area (Å²) in [5.74, 6) is 0.117. The number of nitrogens with two attached hydrogens (primary N) is 1. The van der Waals surface area contributed by atoms with Gasteiger partial charge in [0.2, 0.25) is 0 Å². The van der Waals surface area contributed by atoms with E-state index in [-0.39, 0.29) is 5.78 Å². The van der Waals surface area contributed by atoms with Crippen molar-refractivity contribution in [3.8, 4) is 0 Å². The van der Waals surface area contributed by atoms with Crippen molar-refractivity contribution in [3.05, 3.63) is 11.8 Å². The Morgan fingerprint density at radius 2 is 2.10 bits per heavy atom. The Kier molecular flexibility index (Phi) is 4.63. The van der Waals surface area contributed by atoms with Crippen molar-refractivity contribution in [1.29, 1.82) is 0 Å². The van der Waals surface area contributed by atoms with E-state index in [1.54, 1.807) is 0 Å². The Morgan fingerprint density at radius 1 is 1.50 bits per heavy atom. The van der Waals surface area contributed by atoms with Crippen LogP contribution >= 0.6 is 0 Å². The number of ketones is 1. The molecule has 0 aromatic carbocycles. The van der Waals surface area contributed by atoms with E-state index in [2.05, 4.69) is 0 Å².